The van der Waals surface area contributed by atoms with E-state index in [1.54, 1.807) is 20.7 Å². The molecule has 1 fully saturated rings. The van der Waals surface area contributed by atoms with Crippen molar-refractivity contribution in [3.05, 3.63) is 44.8 Å². The van der Waals surface area contributed by atoms with Crippen LogP contribution in [-0.2, 0) is 11.3 Å². The average molecular weight is 562 g/mol. The largest absolute Gasteiger partial charge is 0.492 e. The number of amides is 1. The SMILES string of the molecule is COc1c(Cl)cc(F)c(N2CCN(C(=O)Cn3nc(I)c4cccnc43)[C@@H](C)C2)c1F. The molecule has 0 spiro atoms. The molecule has 1 saturated heterocycles. The summed E-state index contributed by atoms with van der Waals surface area (Å²) in [5.74, 6) is -1.94. The molecule has 1 aromatic carbocycles. The Labute approximate surface area is 196 Å². The van der Waals surface area contributed by atoms with Gasteiger partial charge in [0.1, 0.15) is 15.9 Å². The van der Waals surface area contributed by atoms with Crippen LogP contribution in [0.15, 0.2) is 24.4 Å². The van der Waals surface area contributed by atoms with Gasteiger partial charge in [-0.25, -0.2) is 18.4 Å². The van der Waals surface area contributed by atoms with Crippen LogP contribution in [0.4, 0.5) is 14.5 Å². The first-order valence-corrected chi connectivity index (χ1v) is 11.0. The van der Waals surface area contributed by atoms with Crippen molar-refractivity contribution in [2.45, 2.75) is 19.5 Å². The van der Waals surface area contributed by atoms with E-state index in [1.807, 2.05) is 19.1 Å². The molecule has 0 aliphatic carbocycles. The van der Waals surface area contributed by atoms with Gasteiger partial charge in [-0.1, -0.05) is 11.6 Å². The van der Waals surface area contributed by atoms with Gasteiger partial charge < -0.3 is 14.5 Å². The van der Waals surface area contributed by atoms with Crippen LogP contribution >= 0.6 is 34.2 Å². The lowest BCUT2D eigenvalue weighted by Crippen LogP contribution is -2.55. The monoisotopic (exact) mass is 561 g/mol. The third kappa shape index (κ3) is 4.02. The molecule has 3 aromatic rings. The van der Waals surface area contributed by atoms with Crippen molar-refractivity contribution >= 4 is 56.8 Å². The fourth-order valence-corrected chi connectivity index (χ4v) is 4.81. The first-order chi connectivity index (χ1) is 14.8. The van der Waals surface area contributed by atoms with Crippen molar-refractivity contribution in [1.29, 1.82) is 0 Å². The zero-order valence-electron chi connectivity index (χ0n) is 16.8. The smallest absolute Gasteiger partial charge is 0.244 e. The molecule has 7 nitrogen and oxygen atoms in total. The van der Waals surface area contributed by atoms with Gasteiger partial charge in [-0.15, -0.1) is 0 Å². The molecule has 4 rings (SSSR count). The maximum atomic E-state index is 14.8. The Balaban J connectivity index is 1.52. The summed E-state index contributed by atoms with van der Waals surface area (Å²) in [5, 5.41) is 5.18. The summed E-state index contributed by atoms with van der Waals surface area (Å²) in [6.45, 7) is 2.73. The molecule has 0 N–H and O–H groups in total. The molecule has 1 amide bonds. The number of methoxy groups -OCH3 is 1. The lowest BCUT2D eigenvalue weighted by atomic mass is 10.1. The van der Waals surface area contributed by atoms with E-state index in [0.29, 0.717) is 12.2 Å². The summed E-state index contributed by atoms with van der Waals surface area (Å²) in [4.78, 5) is 20.6. The summed E-state index contributed by atoms with van der Waals surface area (Å²) in [7, 11) is 1.28. The third-order valence-electron chi connectivity index (χ3n) is 5.32. The van der Waals surface area contributed by atoms with E-state index in [9.17, 15) is 13.6 Å². The number of carbonyl (C=O) groups is 1. The van der Waals surface area contributed by atoms with Crippen molar-refractivity contribution < 1.29 is 18.3 Å². The fraction of sp³-hybridized carbons (Fsp3) is 0.350. The van der Waals surface area contributed by atoms with Crippen molar-refractivity contribution in [2.75, 3.05) is 31.6 Å². The molecule has 0 saturated carbocycles. The zero-order valence-corrected chi connectivity index (χ0v) is 19.7. The highest BCUT2D eigenvalue weighted by molar-refractivity contribution is 14.1. The molecule has 3 heterocycles. The van der Waals surface area contributed by atoms with E-state index >= 15 is 0 Å². The second kappa shape index (κ2) is 8.73. The number of halogens is 4. The zero-order chi connectivity index (χ0) is 22.3. The summed E-state index contributed by atoms with van der Waals surface area (Å²) in [5.41, 5.74) is 0.445. The van der Waals surface area contributed by atoms with E-state index in [4.69, 9.17) is 16.3 Å². The van der Waals surface area contributed by atoms with E-state index < -0.39 is 11.6 Å². The number of nitrogens with zero attached hydrogens (tertiary/aromatic N) is 5. The number of piperazine rings is 1. The van der Waals surface area contributed by atoms with Gasteiger partial charge in [0.25, 0.3) is 0 Å². The van der Waals surface area contributed by atoms with Crippen LogP contribution in [-0.4, -0.2) is 58.4 Å². The van der Waals surface area contributed by atoms with Gasteiger partial charge in [0, 0.05) is 31.9 Å². The van der Waals surface area contributed by atoms with E-state index in [2.05, 4.69) is 32.7 Å². The first kappa shape index (κ1) is 22.0. The highest BCUT2D eigenvalue weighted by atomic mass is 127. The number of carbonyl (C=O) groups excluding carboxylic acids is 1. The van der Waals surface area contributed by atoms with Crippen LogP contribution in [0, 0.1) is 15.3 Å². The van der Waals surface area contributed by atoms with Crippen molar-refractivity contribution in [3.63, 3.8) is 0 Å². The summed E-state index contributed by atoms with van der Waals surface area (Å²) in [6.07, 6.45) is 1.66. The third-order valence-corrected chi connectivity index (χ3v) is 6.40. The van der Waals surface area contributed by atoms with Gasteiger partial charge in [0.05, 0.1) is 17.5 Å². The molecular formula is C20H19ClF2IN5O2. The minimum absolute atomic E-state index is 0.0400. The maximum absolute atomic E-state index is 14.8. The first-order valence-electron chi connectivity index (χ1n) is 9.54. The maximum Gasteiger partial charge on any atom is 0.244 e. The number of fused-ring (bicyclic) bond motifs is 1. The number of benzene rings is 1. The predicted octanol–water partition coefficient (Wildman–Crippen LogP) is 3.71. The Morgan fingerprint density at radius 3 is 2.87 bits per heavy atom. The quantitative estimate of drug-likeness (QED) is 0.455. The second-order valence-electron chi connectivity index (χ2n) is 7.24. The number of hydrogen-bond donors (Lipinski definition) is 0. The van der Waals surface area contributed by atoms with Crippen LogP contribution < -0.4 is 9.64 Å². The van der Waals surface area contributed by atoms with Crippen LogP contribution in [0.2, 0.25) is 5.02 Å². The molecule has 164 valence electrons. The Hall–Kier alpha value is -2.21. The minimum Gasteiger partial charge on any atom is -0.492 e. The second-order valence-corrected chi connectivity index (χ2v) is 8.67. The summed E-state index contributed by atoms with van der Waals surface area (Å²) >= 11 is 7.98. The van der Waals surface area contributed by atoms with Gasteiger partial charge in [0.2, 0.25) is 5.91 Å². The van der Waals surface area contributed by atoms with Gasteiger partial charge >= 0.3 is 0 Å². The Bertz CT molecular complexity index is 1160. The highest BCUT2D eigenvalue weighted by Crippen LogP contribution is 2.37. The summed E-state index contributed by atoms with van der Waals surface area (Å²) < 4.78 is 36.6. The Kier molecular flexibility index (Phi) is 6.20. The standard InChI is InChI=1S/C20H19ClF2IN5O2/c1-11-9-27(17-14(22)8-13(21)18(31-2)16(17)23)6-7-28(11)15(30)10-29-20-12(19(24)26-29)4-3-5-25-20/h3-5,8,11H,6-7,9-10H2,1-2H3/t11-/m0/s1. The molecule has 1 aliphatic rings. The van der Waals surface area contributed by atoms with Crippen LogP contribution in [0.5, 0.6) is 5.75 Å². The summed E-state index contributed by atoms with van der Waals surface area (Å²) in [6, 6.07) is 4.50. The predicted molar refractivity (Wildman–Crippen MR) is 122 cm³/mol. The molecule has 11 heteroatoms. The molecular weight excluding hydrogens is 543 g/mol. The van der Waals surface area contributed by atoms with E-state index in [0.717, 1.165) is 15.2 Å². The number of ether oxygens (including phenoxy) is 1. The van der Waals surface area contributed by atoms with Gasteiger partial charge in [-0.3, -0.25) is 4.79 Å². The number of rotatable bonds is 4. The normalized spacial score (nSPS) is 16.8. The van der Waals surface area contributed by atoms with Gasteiger partial charge in [-0.05, 0) is 47.7 Å². The lowest BCUT2D eigenvalue weighted by molar-refractivity contribution is -0.134. The van der Waals surface area contributed by atoms with Crippen molar-refractivity contribution in [2.24, 2.45) is 0 Å². The van der Waals surface area contributed by atoms with E-state index in [1.165, 1.54) is 7.11 Å². The average Bonchev–Trinajstić information content (AvgIpc) is 3.03. The number of pyridine rings is 1. The number of hydrogen-bond acceptors (Lipinski definition) is 5. The minimum atomic E-state index is -0.844. The molecule has 0 radical (unpaired) electrons. The van der Waals surface area contributed by atoms with Gasteiger partial charge in [-0.2, -0.15) is 5.10 Å². The molecule has 2 aromatic heterocycles. The Morgan fingerprint density at radius 1 is 1.39 bits per heavy atom. The molecule has 0 unspecified atom stereocenters. The highest BCUT2D eigenvalue weighted by Gasteiger charge is 2.32. The molecule has 1 aliphatic heterocycles. The number of aromatic nitrogens is 3. The Morgan fingerprint density at radius 2 is 2.16 bits per heavy atom. The van der Waals surface area contributed by atoms with Crippen molar-refractivity contribution in [3.8, 4) is 5.75 Å². The molecule has 31 heavy (non-hydrogen) atoms. The lowest BCUT2D eigenvalue weighted by Gasteiger charge is -2.41. The fourth-order valence-electron chi connectivity index (χ4n) is 3.87. The van der Waals surface area contributed by atoms with Crippen LogP contribution in [0.25, 0.3) is 11.0 Å². The van der Waals surface area contributed by atoms with Crippen molar-refractivity contribution in [1.82, 2.24) is 19.7 Å². The molecule has 1 atom stereocenters. The topological polar surface area (TPSA) is 63.5 Å². The van der Waals surface area contributed by atoms with Crippen LogP contribution in [0.3, 0.4) is 0 Å². The van der Waals surface area contributed by atoms with E-state index in [-0.39, 0.29) is 48.0 Å². The molecule has 0 bridgehead atoms. The number of anilines is 1. The van der Waals surface area contributed by atoms with Crippen LogP contribution in [0.1, 0.15) is 6.92 Å². The van der Waals surface area contributed by atoms with Gasteiger partial charge in [0.15, 0.2) is 23.0 Å².